The maximum absolute atomic E-state index is 13.7. The van der Waals surface area contributed by atoms with Crippen LogP contribution < -0.4 is 9.64 Å². The van der Waals surface area contributed by atoms with E-state index in [-0.39, 0.29) is 5.91 Å². The van der Waals surface area contributed by atoms with Gasteiger partial charge in [-0.15, -0.1) is 10.2 Å². The van der Waals surface area contributed by atoms with E-state index in [4.69, 9.17) is 4.74 Å². The highest BCUT2D eigenvalue weighted by molar-refractivity contribution is 7.98. The van der Waals surface area contributed by atoms with Gasteiger partial charge in [0.05, 0.1) is 5.69 Å². The van der Waals surface area contributed by atoms with E-state index in [0.717, 1.165) is 0 Å². The van der Waals surface area contributed by atoms with Crippen LogP contribution in [-0.4, -0.2) is 32.3 Å². The standard InChI is InChI=1S/C23H17N5O2S/c1-31-23-25-20-19(26-27-23)16-11-5-6-13-18(16)28(21(29)15-9-3-2-4-10-15)22(30-20)17-12-7-8-14-24-17/h2-14,22H,1H3/t22-/m0/s1. The summed E-state index contributed by atoms with van der Waals surface area (Å²) in [7, 11) is 0. The van der Waals surface area contributed by atoms with Crippen LogP contribution in [0.2, 0.25) is 0 Å². The molecular formula is C23H17N5O2S. The third-order valence-corrected chi connectivity index (χ3v) is 5.41. The number of hydrogen-bond donors (Lipinski definition) is 0. The van der Waals surface area contributed by atoms with Gasteiger partial charge in [0, 0.05) is 17.3 Å². The van der Waals surface area contributed by atoms with Crippen LogP contribution in [0.1, 0.15) is 22.3 Å². The summed E-state index contributed by atoms with van der Waals surface area (Å²) in [5.41, 5.74) is 2.97. The smallest absolute Gasteiger partial charge is 0.261 e. The van der Waals surface area contributed by atoms with Crippen LogP contribution in [-0.2, 0) is 0 Å². The Morgan fingerprint density at radius 1 is 0.968 bits per heavy atom. The van der Waals surface area contributed by atoms with Crippen molar-refractivity contribution in [3.63, 3.8) is 0 Å². The summed E-state index contributed by atoms with van der Waals surface area (Å²) in [6.07, 6.45) is 2.71. The number of hydrogen-bond acceptors (Lipinski definition) is 7. The van der Waals surface area contributed by atoms with Gasteiger partial charge in [0.25, 0.3) is 5.91 Å². The summed E-state index contributed by atoms with van der Waals surface area (Å²) in [6, 6.07) is 22.1. The van der Waals surface area contributed by atoms with E-state index in [9.17, 15) is 4.79 Å². The van der Waals surface area contributed by atoms with Crippen LogP contribution in [0.25, 0.3) is 11.3 Å². The highest BCUT2D eigenvalue weighted by atomic mass is 32.2. The molecule has 0 bridgehead atoms. The Labute approximate surface area is 183 Å². The maximum Gasteiger partial charge on any atom is 0.261 e. The first-order valence-corrected chi connectivity index (χ1v) is 10.8. The van der Waals surface area contributed by atoms with Crippen LogP contribution in [0.5, 0.6) is 5.88 Å². The van der Waals surface area contributed by atoms with Crippen molar-refractivity contribution < 1.29 is 9.53 Å². The number of amides is 1. The summed E-state index contributed by atoms with van der Waals surface area (Å²) in [6.45, 7) is 0. The van der Waals surface area contributed by atoms with E-state index < -0.39 is 6.23 Å². The number of para-hydroxylation sites is 1. The van der Waals surface area contributed by atoms with E-state index in [1.54, 1.807) is 23.2 Å². The van der Waals surface area contributed by atoms with Crippen molar-refractivity contribution in [3.05, 3.63) is 90.3 Å². The van der Waals surface area contributed by atoms with E-state index in [0.29, 0.717) is 39.2 Å². The zero-order valence-corrected chi connectivity index (χ0v) is 17.4. The Hall–Kier alpha value is -3.78. The number of thioether (sulfide) groups is 1. The molecule has 2 aromatic carbocycles. The number of aromatic nitrogens is 4. The van der Waals surface area contributed by atoms with Gasteiger partial charge >= 0.3 is 0 Å². The molecule has 1 atom stereocenters. The molecular weight excluding hydrogens is 410 g/mol. The van der Waals surface area contributed by atoms with Crippen LogP contribution in [0.4, 0.5) is 5.69 Å². The van der Waals surface area contributed by atoms with E-state index >= 15 is 0 Å². The van der Waals surface area contributed by atoms with Gasteiger partial charge in [0.2, 0.25) is 17.3 Å². The van der Waals surface area contributed by atoms with Crippen molar-refractivity contribution in [1.29, 1.82) is 0 Å². The van der Waals surface area contributed by atoms with Crippen molar-refractivity contribution in [3.8, 4) is 17.1 Å². The van der Waals surface area contributed by atoms with Crippen LogP contribution >= 0.6 is 11.8 Å². The number of fused-ring (bicyclic) bond motifs is 3. The van der Waals surface area contributed by atoms with Crippen LogP contribution in [0.15, 0.2) is 84.1 Å². The summed E-state index contributed by atoms with van der Waals surface area (Å²) in [5.74, 6) is 0.0976. The average molecular weight is 427 g/mol. The Morgan fingerprint density at radius 2 is 1.74 bits per heavy atom. The predicted molar refractivity (Wildman–Crippen MR) is 118 cm³/mol. The fourth-order valence-corrected chi connectivity index (χ4v) is 3.75. The molecule has 0 N–H and O–H groups in total. The monoisotopic (exact) mass is 427 g/mol. The fourth-order valence-electron chi connectivity index (χ4n) is 3.45. The first-order chi connectivity index (χ1) is 15.3. The van der Waals surface area contributed by atoms with Gasteiger partial charge in [0.15, 0.2) is 5.69 Å². The minimum atomic E-state index is -0.831. The third-order valence-electron chi connectivity index (χ3n) is 4.87. The molecule has 0 spiro atoms. The molecule has 1 amide bonds. The molecule has 8 heteroatoms. The van der Waals surface area contributed by atoms with Crippen molar-refractivity contribution >= 4 is 23.4 Å². The lowest BCUT2D eigenvalue weighted by Gasteiger charge is -2.30. The Kier molecular flexibility index (Phi) is 5.05. The third kappa shape index (κ3) is 3.51. The number of pyridine rings is 1. The molecule has 1 aliphatic rings. The second-order valence-corrected chi connectivity index (χ2v) is 7.51. The summed E-state index contributed by atoms with van der Waals surface area (Å²) in [4.78, 5) is 24.3. The molecule has 0 saturated heterocycles. The molecule has 0 aliphatic carbocycles. The first kappa shape index (κ1) is 19.2. The van der Waals surface area contributed by atoms with Crippen LogP contribution in [0.3, 0.4) is 0 Å². The molecule has 0 saturated carbocycles. The fraction of sp³-hybridized carbons (Fsp3) is 0.0870. The molecule has 2 aromatic heterocycles. The number of benzene rings is 2. The Morgan fingerprint density at radius 3 is 2.52 bits per heavy atom. The van der Waals surface area contributed by atoms with E-state index in [2.05, 4.69) is 20.2 Å². The minimum absolute atomic E-state index is 0.213. The van der Waals surface area contributed by atoms with E-state index in [1.807, 2.05) is 66.9 Å². The topological polar surface area (TPSA) is 81.1 Å². The SMILES string of the molecule is CSc1nnc2c(n1)O[C@@H](c1ccccn1)N(C(=O)c1ccccc1)c1ccccc1-2. The lowest BCUT2D eigenvalue weighted by Crippen LogP contribution is -2.38. The number of ether oxygens (including phenoxy) is 1. The molecule has 152 valence electrons. The van der Waals surface area contributed by atoms with Crippen LogP contribution in [0, 0.1) is 0 Å². The minimum Gasteiger partial charge on any atom is -0.445 e. The summed E-state index contributed by atoms with van der Waals surface area (Å²) < 4.78 is 6.34. The van der Waals surface area contributed by atoms with Gasteiger partial charge in [-0.3, -0.25) is 14.7 Å². The summed E-state index contributed by atoms with van der Waals surface area (Å²) in [5, 5.41) is 9.03. The second-order valence-electron chi connectivity index (χ2n) is 6.74. The number of carbonyl (C=O) groups is 1. The zero-order chi connectivity index (χ0) is 21.2. The number of carbonyl (C=O) groups excluding carboxylic acids is 1. The molecule has 4 aromatic rings. The molecule has 0 radical (unpaired) electrons. The lowest BCUT2D eigenvalue weighted by molar-refractivity contribution is 0.0906. The summed E-state index contributed by atoms with van der Waals surface area (Å²) >= 11 is 1.37. The van der Waals surface area contributed by atoms with Crippen molar-refractivity contribution in [2.75, 3.05) is 11.2 Å². The quantitative estimate of drug-likeness (QED) is 0.449. The molecule has 0 unspecified atom stereocenters. The van der Waals surface area contributed by atoms with Crippen molar-refractivity contribution in [1.82, 2.24) is 20.2 Å². The van der Waals surface area contributed by atoms with Gasteiger partial charge < -0.3 is 4.74 Å². The molecule has 0 fully saturated rings. The van der Waals surface area contributed by atoms with Crippen molar-refractivity contribution in [2.45, 2.75) is 11.4 Å². The Balaban J connectivity index is 1.76. The van der Waals surface area contributed by atoms with Gasteiger partial charge in [-0.25, -0.2) is 0 Å². The largest absolute Gasteiger partial charge is 0.445 e. The predicted octanol–water partition coefficient (Wildman–Crippen LogP) is 4.39. The highest BCUT2D eigenvalue weighted by Crippen LogP contribution is 2.43. The van der Waals surface area contributed by atoms with Gasteiger partial charge in [-0.2, -0.15) is 4.98 Å². The Bertz CT molecular complexity index is 1240. The zero-order valence-electron chi connectivity index (χ0n) is 16.5. The normalized spacial score (nSPS) is 14.7. The van der Waals surface area contributed by atoms with E-state index in [1.165, 1.54) is 11.8 Å². The van der Waals surface area contributed by atoms with Gasteiger partial charge in [-0.1, -0.05) is 54.2 Å². The first-order valence-electron chi connectivity index (χ1n) is 9.60. The molecule has 1 aliphatic heterocycles. The second kappa shape index (κ2) is 8.16. The molecule has 31 heavy (non-hydrogen) atoms. The molecule has 5 rings (SSSR count). The maximum atomic E-state index is 13.7. The number of nitrogens with zero attached hydrogens (tertiary/aromatic N) is 5. The average Bonchev–Trinajstić information content (AvgIpc) is 2.99. The number of anilines is 1. The molecule has 3 heterocycles. The van der Waals surface area contributed by atoms with Gasteiger partial charge in [0.1, 0.15) is 5.69 Å². The van der Waals surface area contributed by atoms with Gasteiger partial charge in [-0.05, 0) is 36.6 Å². The molecule has 7 nitrogen and oxygen atoms in total. The number of rotatable bonds is 3. The highest BCUT2D eigenvalue weighted by Gasteiger charge is 2.37. The lowest BCUT2D eigenvalue weighted by atomic mass is 10.1. The van der Waals surface area contributed by atoms with Crippen molar-refractivity contribution in [2.24, 2.45) is 0 Å².